The first-order valence-electron chi connectivity index (χ1n) is 10.7. The van der Waals surface area contributed by atoms with E-state index in [-0.39, 0.29) is 12.6 Å². The van der Waals surface area contributed by atoms with Gasteiger partial charge in [-0.15, -0.1) is 0 Å². The number of hydrogen-bond donors (Lipinski definition) is 1. The summed E-state index contributed by atoms with van der Waals surface area (Å²) in [6.45, 7) is 11.2. The second kappa shape index (κ2) is 9.35. The first-order valence-corrected chi connectivity index (χ1v) is 10.7. The predicted molar refractivity (Wildman–Crippen MR) is 116 cm³/mol. The molecular weight excluding hydrogens is 364 g/mol. The molecule has 6 nitrogen and oxygen atoms in total. The van der Waals surface area contributed by atoms with Crippen molar-refractivity contribution in [1.29, 1.82) is 0 Å². The van der Waals surface area contributed by atoms with Crippen molar-refractivity contribution in [2.24, 2.45) is 0 Å². The van der Waals surface area contributed by atoms with Gasteiger partial charge in [0.15, 0.2) is 5.65 Å². The van der Waals surface area contributed by atoms with Crippen LogP contribution in [0.4, 0.5) is 0 Å². The molecule has 0 fully saturated rings. The summed E-state index contributed by atoms with van der Waals surface area (Å²) in [6, 6.07) is 4.19. The van der Waals surface area contributed by atoms with E-state index in [0.717, 1.165) is 58.6 Å². The molecule has 0 aromatic carbocycles. The largest absolute Gasteiger partial charge is 0.478 e. The molecule has 0 aliphatic carbocycles. The summed E-state index contributed by atoms with van der Waals surface area (Å²) in [6.07, 6.45) is 5.36. The highest BCUT2D eigenvalue weighted by Gasteiger charge is 2.20. The molecule has 0 radical (unpaired) electrons. The van der Waals surface area contributed by atoms with Crippen molar-refractivity contribution in [3.05, 3.63) is 35.3 Å². The van der Waals surface area contributed by atoms with E-state index in [4.69, 9.17) is 14.7 Å². The second-order valence-electron chi connectivity index (χ2n) is 7.27. The molecule has 1 N–H and O–H groups in total. The molecule has 3 rings (SSSR count). The van der Waals surface area contributed by atoms with E-state index in [1.54, 1.807) is 0 Å². The first-order chi connectivity index (χ1) is 14.1. The molecule has 1 atom stereocenters. The van der Waals surface area contributed by atoms with E-state index in [0.29, 0.717) is 18.9 Å². The number of fused-ring (bicyclic) bond motifs is 1. The van der Waals surface area contributed by atoms with E-state index in [1.165, 1.54) is 0 Å². The number of rotatable bonds is 9. The Bertz CT molecular complexity index is 981. The van der Waals surface area contributed by atoms with Gasteiger partial charge in [0.1, 0.15) is 5.52 Å². The highest BCUT2D eigenvalue weighted by atomic mass is 16.5. The van der Waals surface area contributed by atoms with Gasteiger partial charge >= 0.3 is 0 Å². The molecule has 0 spiro atoms. The third kappa shape index (κ3) is 4.13. The van der Waals surface area contributed by atoms with Crippen LogP contribution in [0.25, 0.3) is 22.4 Å². The minimum atomic E-state index is 0.168. The standard InChI is InChI=1S/C23H32N4O2/c1-6-16(12-13-28)27-14-15(5)21-23(27)25-19(8-3)22(26-21)17-10-11-20(29-9-4)24-18(17)7-2/h10-11,14,16,28H,6-9,12-13H2,1-5H3/t16-/m1/s1. The third-order valence-corrected chi connectivity index (χ3v) is 5.39. The Morgan fingerprint density at radius 1 is 1.03 bits per heavy atom. The molecule has 0 saturated carbocycles. The fourth-order valence-electron chi connectivity index (χ4n) is 3.86. The molecule has 0 bridgehead atoms. The van der Waals surface area contributed by atoms with E-state index >= 15 is 0 Å². The number of ether oxygens (including phenoxy) is 1. The Balaban J connectivity index is 2.19. The monoisotopic (exact) mass is 396 g/mol. The van der Waals surface area contributed by atoms with Crippen molar-refractivity contribution in [2.45, 2.75) is 66.3 Å². The van der Waals surface area contributed by atoms with Crippen LogP contribution in [-0.2, 0) is 12.8 Å². The zero-order chi connectivity index (χ0) is 21.0. The maximum Gasteiger partial charge on any atom is 0.213 e. The van der Waals surface area contributed by atoms with Crippen LogP contribution in [0.3, 0.4) is 0 Å². The van der Waals surface area contributed by atoms with Crippen molar-refractivity contribution in [2.75, 3.05) is 13.2 Å². The van der Waals surface area contributed by atoms with Crippen molar-refractivity contribution in [3.8, 4) is 17.1 Å². The lowest BCUT2D eigenvalue weighted by Gasteiger charge is -2.17. The van der Waals surface area contributed by atoms with E-state index in [2.05, 4.69) is 49.5 Å². The lowest BCUT2D eigenvalue weighted by molar-refractivity contribution is 0.256. The molecule has 3 aromatic rings. The van der Waals surface area contributed by atoms with Crippen LogP contribution in [0.2, 0.25) is 0 Å². The van der Waals surface area contributed by atoms with Gasteiger partial charge < -0.3 is 14.4 Å². The first kappa shape index (κ1) is 21.2. The van der Waals surface area contributed by atoms with Gasteiger partial charge in [-0.1, -0.05) is 20.8 Å². The molecule has 0 saturated heterocycles. The summed E-state index contributed by atoms with van der Waals surface area (Å²) >= 11 is 0. The second-order valence-corrected chi connectivity index (χ2v) is 7.27. The van der Waals surface area contributed by atoms with Gasteiger partial charge in [-0.25, -0.2) is 15.0 Å². The molecule has 0 amide bonds. The number of aromatic nitrogens is 4. The van der Waals surface area contributed by atoms with Gasteiger partial charge in [0.25, 0.3) is 0 Å². The van der Waals surface area contributed by atoms with Gasteiger partial charge in [-0.05, 0) is 51.2 Å². The van der Waals surface area contributed by atoms with E-state index < -0.39 is 0 Å². The zero-order valence-electron chi connectivity index (χ0n) is 18.2. The van der Waals surface area contributed by atoms with Crippen molar-refractivity contribution in [1.82, 2.24) is 19.5 Å². The van der Waals surface area contributed by atoms with Gasteiger partial charge in [0.2, 0.25) is 5.88 Å². The molecule has 29 heavy (non-hydrogen) atoms. The number of aliphatic hydroxyl groups excluding tert-OH is 1. The van der Waals surface area contributed by atoms with E-state index in [9.17, 15) is 5.11 Å². The fraction of sp³-hybridized carbons (Fsp3) is 0.522. The molecule has 0 aliphatic rings. The average molecular weight is 397 g/mol. The van der Waals surface area contributed by atoms with Gasteiger partial charge in [-0.2, -0.15) is 0 Å². The SMILES string of the molecule is CCOc1ccc(-c2nc3c(C)cn([C@H](CC)CCO)c3nc2CC)c(CC)n1. The van der Waals surface area contributed by atoms with Gasteiger partial charge in [-0.3, -0.25) is 0 Å². The molecule has 3 aromatic heterocycles. The van der Waals surface area contributed by atoms with Crippen LogP contribution in [0, 0.1) is 6.92 Å². The summed E-state index contributed by atoms with van der Waals surface area (Å²) in [7, 11) is 0. The van der Waals surface area contributed by atoms with Crippen LogP contribution >= 0.6 is 0 Å². The van der Waals surface area contributed by atoms with Crippen LogP contribution in [0.1, 0.15) is 63.5 Å². The smallest absolute Gasteiger partial charge is 0.213 e. The predicted octanol–water partition coefficient (Wildman–Crippen LogP) is 4.66. The number of hydrogen-bond acceptors (Lipinski definition) is 5. The molecule has 156 valence electrons. The Morgan fingerprint density at radius 2 is 1.79 bits per heavy atom. The molecule has 3 heterocycles. The third-order valence-electron chi connectivity index (χ3n) is 5.39. The molecule has 6 heteroatoms. The number of nitrogens with zero attached hydrogens (tertiary/aromatic N) is 4. The molecule has 0 unspecified atom stereocenters. The minimum Gasteiger partial charge on any atom is -0.478 e. The van der Waals surface area contributed by atoms with Crippen LogP contribution in [0.15, 0.2) is 18.3 Å². The van der Waals surface area contributed by atoms with E-state index in [1.807, 2.05) is 13.0 Å². The van der Waals surface area contributed by atoms with Crippen molar-refractivity contribution in [3.63, 3.8) is 0 Å². The summed E-state index contributed by atoms with van der Waals surface area (Å²) in [5.41, 5.74) is 6.80. The summed E-state index contributed by atoms with van der Waals surface area (Å²) in [4.78, 5) is 14.8. The Kier molecular flexibility index (Phi) is 6.85. The summed E-state index contributed by atoms with van der Waals surface area (Å²) in [5, 5.41) is 9.45. The van der Waals surface area contributed by atoms with Crippen molar-refractivity contribution >= 4 is 11.2 Å². The maximum absolute atomic E-state index is 9.45. The zero-order valence-corrected chi connectivity index (χ0v) is 18.2. The topological polar surface area (TPSA) is 73.1 Å². The lowest BCUT2D eigenvalue weighted by atomic mass is 10.0. The number of pyridine rings is 1. The molecule has 0 aliphatic heterocycles. The van der Waals surface area contributed by atoms with Crippen LogP contribution < -0.4 is 4.74 Å². The number of aryl methyl sites for hydroxylation is 3. The lowest BCUT2D eigenvalue weighted by Crippen LogP contribution is -2.10. The fourth-order valence-corrected chi connectivity index (χ4v) is 3.86. The summed E-state index contributed by atoms with van der Waals surface area (Å²) in [5.74, 6) is 0.650. The molecular formula is C23H32N4O2. The Morgan fingerprint density at radius 3 is 2.41 bits per heavy atom. The minimum absolute atomic E-state index is 0.168. The Labute approximate surface area is 173 Å². The highest BCUT2D eigenvalue weighted by Crippen LogP contribution is 2.31. The van der Waals surface area contributed by atoms with Crippen molar-refractivity contribution < 1.29 is 9.84 Å². The summed E-state index contributed by atoms with van der Waals surface area (Å²) < 4.78 is 7.77. The highest BCUT2D eigenvalue weighted by molar-refractivity contribution is 5.80. The van der Waals surface area contributed by atoms with Crippen LogP contribution in [-0.4, -0.2) is 37.8 Å². The Hall–Kier alpha value is -2.47. The average Bonchev–Trinajstić information content (AvgIpc) is 3.06. The van der Waals surface area contributed by atoms with Gasteiger partial charge in [0, 0.05) is 30.5 Å². The van der Waals surface area contributed by atoms with Crippen LogP contribution in [0.5, 0.6) is 5.88 Å². The number of aliphatic hydroxyl groups is 1. The van der Waals surface area contributed by atoms with Gasteiger partial charge in [0.05, 0.1) is 23.7 Å². The maximum atomic E-state index is 9.45. The quantitative estimate of drug-likeness (QED) is 0.569. The normalized spacial score (nSPS) is 12.5.